The highest BCUT2D eigenvalue weighted by molar-refractivity contribution is 6.30. The number of hydrogen-bond acceptors (Lipinski definition) is 4. The van der Waals surface area contributed by atoms with Crippen molar-refractivity contribution < 1.29 is 9.52 Å². The maximum absolute atomic E-state index is 9.42. The smallest absolute Gasteiger partial charge is 0.251 e. The highest BCUT2D eigenvalue weighted by Crippen LogP contribution is 2.29. The third-order valence-electron chi connectivity index (χ3n) is 1.55. The van der Waals surface area contributed by atoms with Gasteiger partial charge in [0.2, 0.25) is 6.39 Å². The predicted octanol–water partition coefficient (Wildman–Crippen LogP) is 2.10. The minimum absolute atomic E-state index is 0.0636. The van der Waals surface area contributed by atoms with Crippen LogP contribution in [0.3, 0.4) is 0 Å². The minimum Gasteiger partial charge on any atom is -0.507 e. The molecule has 0 unspecified atom stereocenters. The molecule has 2 aromatic rings. The van der Waals surface area contributed by atoms with E-state index in [0.717, 1.165) is 0 Å². The second kappa shape index (κ2) is 3.06. The van der Waals surface area contributed by atoms with Crippen LogP contribution in [0.25, 0.3) is 11.5 Å². The molecule has 4 nitrogen and oxygen atoms in total. The van der Waals surface area contributed by atoms with Crippen LogP contribution in [-0.4, -0.2) is 15.3 Å². The number of phenols is 1. The molecule has 2 rings (SSSR count). The van der Waals surface area contributed by atoms with Gasteiger partial charge >= 0.3 is 0 Å². The topological polar surface area (TPSA) is 59.2 Å². The molecule has 1 aromatic heterocycles. The van der Waals surface area contributed by atoms with Crippen LogP contribution in [0.5, 0.6) is 5.75 Å². The Morgan fingerprint density at radius 1 is 1.38 bits per heavy atom. The fourth-order valence-corrected chi connectivity index (χ4v) is 1.14. The maximum atomic E-state index is 9.42. The zero-order chi connectivity index (χ0) is 9.26. The van der Waals surface area contributed by atoms with Crippen molar-refractivity contribution in [2.24, 2.45) is 0 Å². The van der Waals surface area contributed by atoms with E-state index in [0.29, 0.717) is 10.6 Å². The second-order valence-corrected chi connectivity index (χ2v) is 2.84. The molecule has 0 aliphatic rings. The summed E-state index contributed by atoms with van der Waals surface area (Å²) in [7, 11) is 0. The SMILES string of the molecule is Oc1ccc(Cl)cc1-c1nnco1. The first-order valence-corrected chi connectivity index (χ1v) is 3.90. The van der Waals surface area contributed by atoms with Crippen LogP contribution in [0.4, 0.5) is 0 Å². The van der Waals surface area contributed by atoms with Crippen molar-refractivity contribution in [1.29, 1.82) is 0 Å². The lowest BCUT2D eigenvalue weighted by atomic mass is 10.2. The molecule has 0 saturated carbocycles. The number of phenolic OH excluding ortho intramolecular Hbond substituents is 1. The molecule has 0 amide bonds. The van der Waals surface area contributed by atoms with Crippen molar-refractivity contribution in [2.75, 3.05) is 0 Å². The maximum Gasteiger partial charge on any atom is 0.251 e. The third kappa shape index (κ3) is 1.48. The van der Waals surface area contributed by atoms with E-state index in [1.54, 1.807) is 12.1 Å². The minimum atomic E-state index is 0.0636. The van der Waals surface area contributed by atoms with Crippen molar-refractivity contribution in [2.45, 2.75) is 0 Å². The molecule has 0 aliphatic carbocycles. The number of halogens is 1. The van der Waals surface area contributed by atoms with E-state index >= 15 is 0 Å². The van der Waals surface area contributed by atoms with Crippen molar-refractivity contribution >= 4 is 11.6 Å². The molecule has 13 heavy (non-hydrogen) atoms. The molecule has 0 spiro atoms. The highest BCUT2D eigenvalue weighted by atomic mass is 35.5. The first-order chi connectivity index (χ1) is 6.27. The van der Waals surface area contributed by atoms with Crippen molar-refractivity contribution in [3.8, 4) is 17.2 Å². The number of benzene rings is 1. The van der Waals surface area contributed by atoms with Gasteiger partial charge in [0.15, 0.2) is 0 Å². The van der Waals surface area contributed by atoms with E-state index in [4.69, 9.17) is 16.0 Å². The Labute approximate surface area is 78.8 Å². The number of hydrogen-bond donors (Lipinski definition) is 1. The van der Waals surface area contributed by atoms with Crippen LogP contribution < -0.4 is 0 Å². The number of aromatic hydroxyl groups is 1. The van der Waals surface area contributed by atoms with Gasteiger partial charge in [-0.2, -0.15) is 0 Å². The van der Waals surface area contributed by atoms with Crippen molar-refractivity contribution in [3.05, 3.63) is 29.6 Å². The van der Waals surface area contributed by atoms with Gasteiger partial charge in [0.25, 0.3) is 5.89 Å². The van der Waals surface area contributed by atoms with E-state index in [-0.39, 0.29) is 11.6 Å². The molecule has 0 saturated heterocycles. The molecule has 0 atom stereocenters. The van der Waals surface area contributed by atoms with E-state index in [1.807, 2.05) is 0 Å². The average molecular weight is 197 g/mol. The largest absolute Gasteiger partial charge is 0.507 e. The summed E-state index contributed by atoms with van der Waals surface area (Å²) < 4.78 is 4.91. The second-order valence-electron chi connectivity index (χ2n) is 2.41. The summed E-state index contributed by atoms with van der Waals surface area (Å²) in [6.07, 6.45) is 1.19. The van der Waals surface area contributed by atoms with Crippen LogP contribution >= 0.6 is 11.6 Å². The van der Waals surface area contributed by atoms with Crippen LogP contribution in [0.1, 0.15) is 0 Å². The van der Waals surface area contributed by atoms with Gasteiger partial charge in [-0.15, -0.1) is 10.2 Å². The molecule has 5 heteroatoms. The lowest BCUT2D eigenvalue weighted by Gasteiger charge is -1.98. The summed E-state index contributed by atoms with van der Waals surface area (Å²) in [6.45, 7) is 0. The summed E-state index contributed by atoms with van der Waals surface area (Å²) in [5.41, 5.74) is 0.435. The molecule has 66 valence electrons. The van der Waals surface area contributed by atoms with Gasteiger partial charge in [-0.05, 0) is 18.2 Å². The average Bonchev–Trinajstić information content (AvgIpc) is 2.61. The normalized spacial score (nSPS) is 10.2. The van der Waals surface area contributed by atoms with Crippen LogP contribution in [0.15, 0.2) is 29.0 Å². The Morgan fingerprint density at radius 2 is 2.23 bits per heavy atom. The first kappa shape index (κ1) is 8.07. The third-order valence-corrected chi connectivity index (χ3v) is 1.78. The van der Waals surface area contributed by atoms with Crippen LogP contribution in [-0.2, 0) is 0 Å². The standard InChI is InChI=1S/C8H5ClN2O2/c9-5-1-2-7(12)6(3-5)8-11-10-4-13-8/h1-4,12H. The van der Waals surface area contributed by atoms with Gasteiger partial charge in [-0.25, -0.2) is 0 Å². The lowest BCUT2D eigenvalue weighted by Crippen LogP contribution is -1.79. The first-order valence-electron chi connectivity index (χ1n) is 3.52. The van der Waals surface area contributed by atoms with Crippen molar-refractivity contribution in [3.63, 3.8) is 0 Å². The number of nitrogens with zero attached hydrogens (tertiary/aromatic N) is 2. The Bertz CT molecular complexity index is 414. The Balaban J connectivity index is 2.57. The number of aromatic nitrogens is 2. The van der Waals surface area contributed by atoms with Gasteiger partial charge in [0, 0.05) is 5.02 Å². The zero-order valence-corrected chi connectivity index (χ0v) is 7.19. The van der Waals surface area contributed by atoms with Gasteiger partial charge in [0.1, 0.15) is 5.75 Å². The molecule has 1 aromatic carbocycles. The molecular formula is C8H5ClN2O2. The molecule has 1 heterocycles. The van der Waals surface area contributed by atoms with E-state index in [1.165, 1.54) is 12.5 Å². The van der Waals surface area contributed by atoms with Gasteiger partial charge < -0.3 is 9.52 Å². The van der Waals surface area contributed by atoms with E-state index in [2.05, 4.69) is 10.2 Å². The zero-order valence-electron chi connectivity index (χ0n) is 6.44. The Morgan fingerprint density at radius 3 is 2.92 bits per heavy atom. The summed E-state index contributed by atoms with van der Waals surface area (Å²) in [6, 6.07) is 4.61. The summed E-state index contributed by atoms with van der Waals surface area (Å²) in [4.78, 5) is 0. The van der Waals surface area contributed by atoms with Gasteiger partial charge in [-0.1, -0.05) is 11.6 Å². The Kier molecular flexibility index (Phi) is 1.90. The fraction of sp³-hybridized carbons (Fsp3) is 0. The van der Waals surface area contributed by atoms with Crippen LogP contribution in [0, 0.1) is 0 Å². The van der Waals surface area contributed by atoms with Gasteiger partial charge in [0.05, 0.1) is 5.56 Å². The predicted molar refractivity (Wildman–Crippen MR) is 46.4 cm³/mol. The molecule has 0 aliphatic heterocycles. The number of rotatable bonds is 1. The van der Waals surface area contributed by atoms with Crippen molar-refractivity contribution in [1.82, 2.24) is 10.2 Å². The van der Waals surface area contributed by atoms with Crippen LogP contribution in [0.2, 0.25) is 5.02 Å². The molecular weight excluding hydrogens is 192 g/mol. The molecule has 1 N–H and O–H groups in total. The van der Waals surface area contributed by atoms with Gasteiger partial charge in [-0.3, -0.25) is 0 Å². The summed E-state index contributed by atoms with van der Waals surface area (Å²) in [5.74, 6) is 0.314. The van der Waals surface area contributed by atoms with E-state index < -0.39 is 0 Å². The molecule has 0 fully saturated rings. The lowest BCUT2D eigenvalue weighted by molar-refractivity contribution is 0.473. The Hall–Kier alpha value is -1.55. The summed E-state index contributed by atoms with van der Waals surface area (Å²) >= 11 is 5.73. The highest BCUT2D eigenvalue weighted by Gasteiger charge is 2.09. The molecule has 0 bridgehead atoms. The van der Waals surface area contributed by atoms with E-state index in [9.17, 15) is 5.11 Å². The summed E-state index contributed by atoms with van der Waals surface area (Å²) in [5, 5.41) is 17.1. The quantitative estimate of drug-likeness (QED) is 0.759. The molecule has 0 radical (unpaired) electrons. The fourth-order valence-electron chi connectivity index (χ4n) is 0.970. The monoisotopic (exact) mass is 196 g/mol.